The van der Waals surface area contributed by atoms with E-state index in [1.165, 1.54) is 6.92 Å². The molecule has 1 aliphatic rings. The monoisotopic (exact) mass is 380 g/mol. The summed E-state index contributed by atoms with van der Waals surface area (Å²) < 4.78 is 5.08. The molecule has 7 heteroatoms. The zero-order valence-corrected chi connectivity index (χ0v) is 15.6. The standard InChI is InChI=1S/C21H20N2O5/c1-12-17-10-15(5-8-18(17)23-21(12)27)19(25)11-28-20(26)9-14-3-6-16(7-4-14)22-13(2)24/h3-8,10,12H,9,11H2,1-2H3,(H,22,24)(H,23,27)/t12-/m0/s1. The van der Waals surface area contributed by atoms with Gasteiger partial charge in [-0.05, 0) is 48.4 Å². The fourth-order valence-corrected chi connectivity index (χ4v) is 2.95. The Kier molecular flexibility index (Phi) is 5.54. The number of hydrogen-bond donors (Lipinski definition) is 2. The minimum atomic E-state index is -0.521. The highest BCUT2D eigenvalue weighted by molar-refractivity contribution is 6.05. The van der Waals surface area contributed by atoms with E-state index in [9.17, 15) is 19.2 Å². The van der Waals surface area contributed by atoms with Gasteiger partial charge in [-0.1, -0.05) is 12.1 Å². The molecule has 3 rings (SSSR count). The maximum atomic E-state index is 12.3. The Balaban J connectivity index is 1.54. The molecular weight excluding hydrogens is 360 g/mol. The Morgan fingerprint density at radius 3 is 2.50 bits per heavy atom. The Morgan fingerprint density at radius 1 is 1.11 bits per heavy atom. The van der Waals surface area contributed by atoms with Crippen LogP contribution < -0.4 is 10.6 Å². The third-order valence-electron chi connectivity index (χ3n) is 4.48. The minimum absolute atomic E-state index is 0.0211. The second-order valence-electron chi connectivity index (χ2n) is 6.65. The summed E-state index contributed by atoms with van der Waals surface area (Å²) in [5.41, 5.74) is 3.21. The molecule has 2 aromatic carbocycles. The molecule has 0 aliphatic carbocycles. The van der Waals surface area contributed by atoms with E-state index in [1.54, 1.807) is 49.4 Å². The lowest BCUT2D eigenvalue weighted by molar-refractivity contribution is -0.141. The molecule has 0 saturated carbocycles. The predicted octanol–water partition coefficient (Wildman–Crippen LogP) is 2.67. The molecule has 0 spiro atoms. The van der Waals surface area contributed by atoms with Crippen molar-refractivity contribution in [2.24, 2.45) is 0 Å². The Morgan fingerprint density at radius 2 is 1.82 bits per heavy atom. The van der Waals surface area contributed by atoms with Crippen LogP contribution in [0.2, 0.25) is 0 Å². The molecule has 28 heavy (non-hydrogen) atoms. The van der Waals surface area contributed by atoms with Crippen molar-refractivity contribution in [3.63, 3.8) is 0 Å². The van der Waals surface area contributed by atoms with E-state index in [2.05, 4.69) is 10.6 Å². The second kappa shape index (κ2) is 8.04. The van der Waals surface area contributed by atoms with E-state index in [1.807, 2.05) is 0 Å². The maximum Gasteiger partial charge on any atom is 0.310 e. The van der Waals surface area contributed by atoms with Gasteiger partial charge in [0.1, 0.15) is 0 Å². The van der Waals surface area contributed by atoms with Crippen molar-refractivity contribution < 1.29 is 23.9 Å². The van der Waals surface area contributed by atoms with Crippen LogP contribution in [0.15, 0.2) is 42.5 Å². The fourth-order valence-electron chi connectivity index (χ4n) is 2.95. The van der Waals surface area contributed by atoms with Gasteiger partial charge in [-0.15, -0.1) is 0 Å². The molecule has 0 aromatic heterocycles. The number of esters is 1. The average Bonchev–Trinajstić information content (AvgIpc) is 2.94. The summed E-state index contributed by atoms with van der Waals surface area (Å²) >= 11 is 0. The first-order valence-corrected chi connectivity index (χ1v) is 8.83. The molecule has 0 radical (unpaired) electrons. The van der Waals surface area contributed by atoms with E-state index < -0.39 is 5.97 Å². The van der Waals surface area contributed by atoms with Crippen LogP contribution in [0, 0.1) is 0 Å². The molecule has 2 aromatic rings. The van der Waals surface area contributed by atoms with Crippen LogP contribution in [0.3, 0.4) is 0 Å². The Labute approximate surface area is 162 Å². The number of hydrogen-bond acceptors (Lipinski definition) is 5. The number of carbonyl (C=O) groups is 4. The van der Waals surface area contributed by atoms with Gasteiger partial charge in [0.25, 0.3) is 0 Å². The predicted molar refractivity (Wildman–Crippen MR) is 103 cm³/mol. The molecular formula is C21H20N2O5. The number of carbonyl (C=O) groups excluding carboxylic acids is 4. The van der Waals surface area contributed by atoms with Crippen LogP contribution in [-0.2, 0) is 25.5 Å². The molecule has 1 aliphatic heterocycles. The second-order valence-corrected chi connectivity index (χ2v) is 6.65. The third kappa shape index (κ3) is 4.43. The van der Waals surface area contributed by atoms with Gasteiger partial charge >= 0.3 is 5.97 Å². The molecule has 144 valence electrons. The zero-order valence-electron chi connectivity index (χ0n) is 15.6. The summed E-state index contributed by atoms with van der Waals surface area (Å²) in [7, 11) is 0. The fraction of sp³-hybridized carbons (Fsp3) is 0.238. The molecule has 0 fully saturated rings. The summed E-state index contributed by atoms with van der Waals surface area (Å²) in [6.07, 6.45) is 0.0211. The molecule has 0 bridgehead atoms. The van der Waals surface area contributed by atoms with Gasteiger partial charge in [0.15, 0.2) is 12.4 Å². The maximum absolute atomic E-state index is 12.3. The molecule has 0 saturated heterocycles. The van der Waals surface area contributed by atoms with Crippen molar-refractivity contribution in [1.29, 1.82) is 0 Å². The van der Waals surface area contributed by atoms with E-state index in [0.717, 1.165) is 5.56 Å². The lowest BCUT2D eigenvalue weighted by Gasteiger charge is -2.07. The molecule has 2 amide bonds. The lowest BCUT2D eigenvalue weighted by atomic mass is 9.99. The van der Waals surface area contributed by atoms with Gasteiger partial charge in [0, 0.05) is 23.9 Å². The number of benzene rings is 2. The molecule has 1 atom stereocenters. The first-order chi connectivity index (χ1) is 13.3. The first kappa shape index (κ1) is 19.3. The van der Waals surface area contributed by atoms with Gasteiger partial charge in [-0.3, -0.25) is 19.2 Å². The summed E-state index contributed by atoms with van der Waals surface area (Å²) in [5, 5.41) is 5.39. The van der Waals surface area contributed by atoms with E-state index in [-0.39, 0.29) is 36.5 Å². The summed E-state index contributed by atoms with van der Waals surface area (Å²) in [6.45, 7) is 2.82. The lowest BCUT2D eigenvalue weighted by Crippen LogP contribution is -2.16. The van der Waals surface area contributed by atoms with Crippen molar-refractivity contribution in [2.75, 3.05) is 17.2 Å². The molecule has 2 N–H and O–H groups in total. The van der Waals surface area contributed by atoms with Crippen LogP contribution in [0.4, 0.5) is 11.4 Å². The topological polar surface area (TPSA) is 102 Å². The molecule has 1 heterocycles. The van der Waals surface area contributed by atoms with Crippen molar-refractivity contribution in [3.8, 4) is 0 Å². The van der Waals surface area contributed by atoms with Crippen LogP contribution in [-0.4, -0.2) is 30.2 Å². The van der Waals surface area contributed by atoms with Gasteiger partial charge in [0.2, 0.25) is 11.8 Å². The van der Waals surface area contributed by atoms with E-state index >= 15 is 0 Å². The van der Waals surface area contributed by atoms with Gasteiger partial charge in [-0.2, -0.15) is 0 Å². The largest absolute Gasteiger partial charge is 0.457 e. The van der Waals surface area contributed by atoms with Gasteiger partial charge < -0.3 is 15.4 Å². The summed E-state index contributed by atoms with van der Waals surface area (Å²) in [6, 6.07) is 11.7. The first-order valence-electron chi connectivity index (χ1n) is 8.83. The third-order valence-corrected chi connectivity index (χ3v) is 4.48. The number of rotatable bonds is 6. The van der Waals surface area contributed by atoms with E-state index in [4.69, 9.17) is 4.74 Å². The molecule has 7 nitrogen and oxygen atoms in total. The Bertz CT molecular complexity index is 950. The van der Waals surface area contributed by atoms with Gasteiger partial charge in [-0.25, -0.2) is 0 Å². The summed E-state index contributed by atoms with van der Waals surface area (Å²) in [4.78, 5) is 47.0. The number of ketones is 1. The number of Topliss-reactive ketones (excluding diaryl/α,β-unsaturated/α-hetero) is 1. The van der Waals surface area contributed by atoms with Crippen molar-refractivity contribution in [2.45, 2.75) is 26.2 Å². The number of fused-ring (bicyclic) bond motifs is 1. The molecule has 0 unspecified atom stereocenters. The SMILES string of the molecule is CC(=O)Nc1ccc(CC(=O)OCC(=O)c2ccc3c(c2)[C@H](C)C(=O)N3)cc1. The average molecular weight is 380 g/mol. The zero-order chi connectivity index (χ0) is 20.3. The number of nitrogens with one attached hydrogen (secondary N) is 2. The van der Waals surface area contributed by atoms with E-state index in [0.29, 0.717) is 22.5 Å². The van der Waals surface area contributed by atoms with Crippen molar-refractivity contribution >= 4 is 34.9 Å². The highest BCUT2D eigenvalue weighted by Crippen LogP contribution is 2.32. The highest BCUT2D eigenvalue weighted by Gasteiger charge is 2.27. The highest BCUT2D eigenvalue weighted by atomic mass is 16.5. The van der Waals surface area contributed by atoms with Crippen LogP contribution in [0.5, 0.6) is 0 Å². The number of amides is 2. The normalized spacial score (nSPS) is 14.8. The van der Waals surface area contributed by atoms with Crippen molar-refractivity contribution in [3.05, 3.63) is 59.2 Å². The summed E-state index contributed by atoms with van der Waals surface area (Å²) in [5.74, 6) is -1.44. The van der Waals surface area contributed by atoms with Crippen LogP contribution in [0.1, 0.15) is 41.3 Å². The van der Waals surface area contributed by atoms with Crippen LogP contribution >= 0.6 is 0 Å². The Hall–Kier alpha value is -3.48. The van der Waals surface area contributed by atoms with Crippen LogP contribution in [0.25, 0.3) is 0 Å². The number of ether oxygens (including phenoxy) is 1. The minimum Gasteiger partial charge on any atom is -0.457 e. The quantitative estimate of drug-likeness (QED) is 0.593. The number of anilines is 2. The van der Waals surface area contributed by atoms with Gasteiger partial charge in [0.05, 0.1) is 12.3 Å². The smallest absolute Gasteiger partial charge is 0.310 e. The van der Waals surface area contributed by atoms with Crippen molar-refractivity contribution in [1.82, 2.24) is 0 Å².